The standard InChI is InChI=1S/C23H26ClNO4/c1-4-5-17-6-8-18(9-7-17)20(26)10-11-22(28)29-14-21(27)25-23-16(3)12-15(2)13-19(23)24/h6-9,12-13H,4-5,10-11,14H2,1-3H3,(H,25,27). The first kappa shape index (κ1) is 22.6. The van der Waals surface area contributed by atoms with Crippen LogP contribution >= 0.6 is 11.6 Å². The van der Waals surface area contributed by atoms with Gasteiger partial charge < -0.3 is 10.1 Å². The Morgan fingerprint density at radius 3 is 2.34 bits per heavy atom. The van der Waals surface area contributed by atoms with Gasteiger partial charge in [-0.2, -0.15) is 0 Å². The number of carbonyl (C=O) groups excluding carboxylic acids is 3. The van der Waals surface area contributed by atoms with Gasteiger partial charge in [0.05, 0.1) is 17.1 Å². The number of halogens is 1. The molecule has 6 heteroatoms. The van der Waals surface area contributed by atoms with Crippen LogP contribution in [0.5, 0.6) is 0 Å². The summed E-state index contributed by atoms with van der Waals surface area (Å²) in [7, 11) is 0. The maximum Gasteiger partial charge on any atom is 0.306 e. The highest BCUT2D eigenvalue weighted by Gasteiger charge is 2.14. The molecule has 0 bridgehead atoms. The smallest absolute Gasteiger partial charge is 0.306 e. The van der Waals surface area contributed by atoms with E-state index in [9.17, 15) is 14.4 Å². The molecule has 0 radical (unpaired) electrons. The molecule has 0 unspecified atom stereocenters. The zero-order valence-corrected chi connectivity index (χ0v) is 17.8. The predicted octanol–water partition coefficient (Wildman–Crippen LogP) is 5.05. The number of hydrogen-bond donors (Lipinski definition) is 1. The maximum atomic E-state index is 12.2. The Labute approximate surface area is 176 Å². The monoisotopic (exact) mass is 415 g/mol. The molecule has 0 aliphatic rings. The lowest BCUT2D eigenvalue weighted by molar-refractivity contribution is -0.147. The van der Waals surface area contributed by atoms with Crippen molar-refractivity contribution in [2.45, 2.75) is 46.5 Å². The highest BCUT2D eigenvalue weighted by Crippen LogP contribution is 2.27. The molecule has 1 N–H and O–H groups in total. The molecule has 1 amide bonds. The molecule has 154 valence electrons. The third-order valence-electron chi connectivity index (χ3n) is 4.43. The van der Waals surface area contributed by atoms with Crippen molar-refractivity contribution in [2.24, 2.45) is 0 Å². The summed E-state index contributed by atoms with van der Waals surface area (Å²) in [6.07, 6.45) is 1.97. The lowest BCUT2D eigenvalue weighted by Crippen LogP contribution is -2.21. The Bertz CT molecular complexity index is 867. The Morgan fingerprint density at radius 1 is 1.03 bits per heavy atom. The highest BCUT2D eigenvalue weighted by molar-refractivity contribution is 6.34. The summed E-state index contributed by atoms with van der Waals surface area (Å²) in [6.45, 7) is 5.41. The van der Waals surface area contributed by atoms with E-state index in [1.54, 1.807) is 18.2 Å². The molecule has 2 aromatic rings. The van der Waals surface area contributed by atoms with E-state index in [4.69, 9.17) is 16.3 Å². The van der Waals surface area contributed by atoms with Crippen LogP contribution in [0.4, 0.5) is 5.69 Å². The van der Waals surface area contributed by atoms with E-state index in [1.165, 1.54) is 5.56 Å². The van der Waals surface area contributed by atoms with Crippen LogP contribution in [0.2, 0.25) is 5.02 Å². The fraction of sp³-hybridized carbons (Fsp3) is 0.348. The second kappa shape index (κ2) is 10.8. The van der Waals surface area contributed by atoms with Gasteiger partial charge in [-0.25, -0.2) is 0 Å². The fourth-order valence-corrected chi connectivity index (χ4v) is 3.34. The number of benzene rings is 2. The number of esters is 1. The molecule has 29 heavy (non-hydrogen) atoms. The molecule has 0 fully saturated rings. The number of rotatable bonds is 9. The van der Waals surface area contributed by atoms with Crippen molar-refractivity contribution in [3.05, 3.63) is 63.7 Å². The first-order chi connectivity index (χ1) is 13.8. The topological polar surface area (TPSA) is 72.5 Å². The summed E-state index contributed by atoms with van der Waals surface area (Å²) in [5, 5.41) is 3.08. The van der Waals surface area contributed by atoms with E-state index in [0.29, 0.717) is 16.3 Å². The molecule has 2 aromatic carbocycles. The summed E-state index contributed by atoms with van der Waals surface area (Å²) in [5.74, 6) is -1.20. The van der Waals surface area contributed by atoms with Crippen LogP contribution in [-0.2, 0) is 20.7 Å². The summed E-state index contributed by atoms with van der Waals surface area (Å²) in [6, 6.07) is 11.1. The van der Waals surface area contributed by atoms with Gasteiger partial charge in [-0.05, 0) is 43.0 Å². The van der Waals surface area contributed by atoms with E-state index in [1.807, 2.05) is 32.0 Å². The van der Waals surface area contributed by atoms with Crippen LogP contribution in [-0.4, -0.2) is 24.3 Å². The van der Waals surface area contributed by atoms with Crippen molar-refractivity contribution < 1.29 is 19.1 Å². The molecule has 0 atom stereocenters. The number of amides is 1. The largest absolute Gasteiger partial charge is 0.456 e. The summed E-state index contributed by atoms with van der Waals surface area (Å²) >= 11 is 6.15. The van der Waals surface area contributed by atoms with Gasteiger partial charge in [-0.1, -0.05) is 55.3 Å². The lowest BCUT2D eigenvalue weighted by Gasteiger charge is -2.11. The first-order valence-corrected chi connectivity index (χ1v) is 10.0. The second-order valence-electron chi connectivity index (χ2n) is 7.02. The van der Waals surface area contributed by atoms with E-state index in [-0.39, 0.29) is 18.6 Å². The Kier molecular flexibility index (Phi) is 8.40. The van der Waals surface area contributed by atoms with Crippen LogP contribution in [0, 0.1) is 13.8 Å². The number of carbonyl (C=O) groups is 3. The first-order valence-electron chi connectivity index (χ1n) is 9.64. The molecule has 0 aliphatic carbocycles. The van der Waals surface area contributed by atoms with Crippen LogP contribution in [0.15, 0.2) is 36.4 Å². The molecule has 5 nitrogen and oxygen atoms in total. The number of nitrogens with one attached hydrogen (secondary N) is 1. The third-order valence-corrected chi connectivity index (χ3v) is 4.73. The van der Waals surface area contributed by atoms with Crippen LogP contribution < -0.4 is 5.32 Å². The average molecular weight is 416 g/mol. The molecule has 0 saturated heterocycles. The SMILES string of the molecule is CCCc1ccc(C(=O)CCC(=O)OCC(=O)Nc2c(C)cc(C)cc2Cl)cc1. The zero-order valence-electron chi connectivity index (χ0n) is 17.0. The summed E-state index contributed by atoms with van der Waals surface area (Å²) in [4.78, 5) is 36.1. The highest BCUT2D eigenvalue weighted by atomic mass is 35.5. The number of aryl methyl sites for hydroxylation is 3. The van der Waals surface area contributed by atoms with Gasteiger partial charge in [-0.3, -0.25) is 14.4 Å². The number of anilines is 1. The van der Waals surface area contributed by atoms with Gasteiger partial charge in [-0.15, -0.1) is 0 Å². The van der Waals surface area contributed by atoms with Gasteiger partial charge >= 0.3 is 5.97 Å². The lowest BCUT2D eigenvalue weighted by atomic mass is 10.0. The van der Waals surface area contributed by atoms with Gasteiger partial charge in [0.2, 0.25) is 0 Å². The summed E-state index contributed by atoms with van der Waals surface area (Å²) in [5.41, 5.74) is 4.06. The molecule has 0 aromatic heterocycles. The predicted molar refractivity (Wildman–Crippen MR) is 115 cm³/mol. The molecule has 0 aliphatic heterocycles. The minimum absolute atomic E-state index is 0.0382. The van der Waals surface area contributed by atoms with Crippen molar-refractivity contribution >= 4 is 34.9 Å². The molecule has 0 spiro atoms. The number of ether oxygens (including phenoxy) is 1. The van der Waals surface area contributed by atoms with Crippen molar-refractivity contribution in [1.82, 2.24) is 0 Å². The number of ketones is 1. The number of Topliss-reactive ketones (excluding diaryl/α,β-unsaturated/α-hetero) is 1. The number of hydrogen-bond acceptors (Lipinski definition) is 4. The third kappa shape index (κ3) is 7.02. The minimum Gasteiger partial charge on any atom is -0.456 e. The fourth-order valence-electron chi connectivity index (χ4n) is 2.97. The minimum atomic E-state index is -0.595. The van der Waals surface area contributed by atoms with E-state index >= 15 is 0 Å². The summed E-state index contributed by atoms with van der Waals surface area (Å²) < 4.78 is 4.97. The average Bonchev–Trinajstić information content (AvgIpc) is 2.68. The van der Waals surface area contributed by atoms with Crippen LogP contribution in [0.3, 0.4) is 0 Å². The van der Waals surface area contributed by atoms with Crippen LogP contribution in [0.25, 0.3) is 0 Å². The van der Waals surface area contributed by atoms with E-state index in [0.717, 1.165) is 24.0 Å². The van der Waals surface area contributed by atoms with Crippen molar-refractivity contribution in [2.75, 3.05) is 11.9 Å². The van der Waals surface area contributed by atoms with Gasteiger partial charge in [0.25, 0.3) is 5.91 Å². The van der Waals surface area contributed by atoms with Crippen LogP contribution in [0.1, 0.15) is 53.2 Å². The Morgan fingerprint density at radius 2 is 1.72 bits per heavy atom. The zero-order chi connectivity index (χ0) is 21.4. The van der Waals surface area contributed by atoms with E-state index in [2.05, 4.69) is 12.2 Å². The van der Waals surface area contributed by atoms with E-state index < -0.39 is 18.5 Å². The van der Waals surface area contributed by atoms with Gasteiger partial charge in [0.15, 0.2) is 12.4 Å². The quantitative estimate of drug-likeness (QED) is 0.459. The van der Waals surface area contributed by atoms with Crippen molar-refractivity contribution in [1.29, 1.82) is 0 Å². The van der Waals surface area contributed by atoms with Gasteiger partial charge in [0.1, 0.15) is 0 Å². The normalized spacial score (nSPS) is 10.5. The van der Waals surface area contributed by atoms with Crippen molar-refractivity contribution in [3.8, 4) is 0 Å². The Hall–Kier alpha value is -2.66. The maximum absolute atomic E-state index is 12.2. The molecule has 0 saturated carbocycles. The molecule has 2 rings (SSSR count). The molecular formula is C23H26ClNO4. The Balaban J connectivity index is 1.78. The molecule has 0 heterocycles. The van der Waals surface area contributed by atoms with Crippen molar-refractivity contribution in [3.63, 3.8) is 0 Å². The second-order valence-corrected chi connectivity index (χ2v) is 7.42. The molecular weight excluding hydrogens is 390 g/mol. The van der Waals surface area contributed by atoms with Gasteiger partial charge in [0, 0.05) is 12.0 Å².